The van der Waals surface area contributed by atoms with Crippen LogP contribution in [0.5, 0.6) is 0 Å². The van der Waals surface area contributed by atoms with Gasteiger partial charge in [0.25, 0.3) is 0 Å². The lowest BCUT2D eigenvalue weighted by atomic mass is 9.96. The summed E-state index contributed by atoms with van der Waals surface area (Å²) >= 11 is 3.80. The highest BCUT2D eigenvalue weighted by atomic mass is 32.2. The van der Waals surface area contributed by atoms with E-state index in [1.54, 1.807) is 0 Å². The number of nitrogens with zero attached hydrogens (tertiary/aromatic N) is 2. The number of fused-ring (bicyclic) bond motifs is 2. The molecule has 0 bridgehead atoms. The predicted octanol–water partition coefficient (Wildman–Crippen LogP) is 4.50. The predicted molar refractivity (Wildman–Crippen MR) is 84.5 cm³/mol. The Labute approximate surface area is 126 Å². The van der Waals surface area contributed by atoms with Crippen LogP contribution in [-0.2, 0) is 5.75 Å². The zero-order chi connectivity index (χ0) is 13.5. The van der Waals surface area contributed by atoms with Crippen LogP contribution in [0.2, 0.25) is 0 Å². The molecule has 2 aromatic heterocycles. The Morgan fingerprint density at radius 3 is 2.95 bits per heavy atom. The van der Waals surface area contributed by atoms with Crippen LogP contribution < -0.4 is 0 Å². The summed E-state index contributed by atoms with van der Waals surface area (Å²) in [5, 5.41) is 2.20. The van der Waals surface area contributed by atoms with Gasteiger partial charge in [0.15, 0.2) is 0 Å². The third-order valence-electron chi connectivity index (χ3n) is 3.80. The minimum atomic E-state index is 0.255. The van der Waals surface area contributed by atoms with E-state index in [-0.39, 0.29) is 6.04 Å². The zero-order valence-electron chi connectivity index (χ0n) is 11.1. The van der Waals surface area contributed by atoms with Gasteiger partial charge in [-0.05, 0) is 29.5 Å². The van der Waals surface area contributed by atoms with Gasteiger partial charge in [0.05, 0.1) is 10.3 Å². The highest BCUT2D eigenvalue weighted by Crippen LogP contribution is 2.44. The van der Waals surface area contributed by atoms with Crippen molar-refractivity contribution in [1.29, 1.82) is 0 Å². The number of imidazole rings is 1. The number of aromatic nitrogens is 2. The number of hydrogen-bond acceptors (Lipinski definition) is 3. The topological polar surface area (TPSA) is 17.8 Å². The van der Waals surface area contributed by atoms with Crippen molar-refractivity contribution in [2.45, 2.75) is 22.9 Å². The molecule has 3 aromatic rings. The largest absolute Gasteiger partial charge is 0.323 e. The molecule has 20 heavy (non-hydrogen) atoms. The molecular formula is C16H14N2S2. The summed E-state index contributed by atoms with van der Waals surface area (Å²) in [6.07, 6.45) is 3.98. The maximum absolute atomic E-state index is 4.41. The summed E-state index contributed by atoms with van der Waals surface area (Å²) in [4.78, 5) is 4.41. The summed E-state index contributed by atoms with van der Waals surface area (Å²) < 4.78 is 3.72. The molecule has 4 heteroatoms. The zero-order valence-corrected chi connectivity index (χ0v) is 12.7. The standard InChI is InChI=1S/C16H14N2S2/c1-11-17-7-8-18(11)15-13-5-3-2-4-12(13)10-20-16-14(15)6-9-19-16/h2-9,15H,10H2,1H3/t15-/m1/s1. The van der Waals surface area contributed by atoms with Gasteiger partial charge in [-0.15, -0.1) is 23.1 Å². The molecule has 1 aliphatic rings. The lowest BCUT2D eigenvalue weighted by Gasteiger charge is -2.21. The molecule has 0 fully saturated rings. The molecule has 0 unspecified atom stereocenters. The fourth-order valence-corrected chi connectivity index (χ4v) is 4.99. The Kier molecular flexibility index (Phi) is 2.93. The Morgan fingerprint density at radius 2 is 2.10 bits per heavy atom. The van der Waals surface area contributed by atoms with E-state index < -0.39 is 0 Å². The lowest BCUT2D eigenvalue weighted by molar-refractivity contribution is 0.647. The lowest BCUT2D eigenvalue weighted by Crippen LogP contribution is -2.13. The van der Waals surface area contributed by atoms with E-state index >= 15 is 0 Å². The van der Waals surface area contributed by atoms with Crippen molar-refractivity contribution in [3.05, 3.63) is 70.6 Å². The van der Waals surface area contributed by atoms with Gasteiger partial charge in [-0.1, -0.05) is 24.3 Å². The Hall–Kier alpha value is -1.52. The molecule has 1 atom stereocenters. The van der Waals surface area contributed by atoms with Crippen LogP contribution in [0.25, 0.3) is 0 Å². The summed E-state index contributed by atoms with van der Waals surface area (Å²) in [6, 6.07) is 11.3. The molecule has 0 spiro atoms. The molecule has 1 aromatic carbocycles. The summed E-state index contributed by atoms with van der Waals surface area (Å²) in [5.41, 5.74) is 4.24. The first kappa shape index (κ1) is 12.2. The minimum absolute atomic E-state index is 0.255. The Morgan fingerprint density at radius 1 is 1.20 bits per heavy atom. The van der Waals surface area contributed by atoms with E-state index in [1.807, 2.05) is 29.3 Å². The normalized spacial score (nSPS) is 17.4. The van der Waals surface area contributed by atoms with Gasteiger partial charge >= 0.3 is 0 Å². The van der Waals surface area contributed by atoms with Gasteiger partial charge in [0.1, 0.15) is 5.82 Å². The molecule has 0 radical (unpaired) electrons. The fraction of sp³-hybridized carbons (Fsp3) is 0.188. The Balaban J connectivity index is 2.00. The van der Waals surface area contributed by atoms with Crippen LogP contribution in [0.3, 0.4) is 0 Å². The second kappa shape index (κ2) is 4.79. The van der Waals surface area contributed by atoms with Crippen molar-refractivity contribution in [3.8, 4) is 0 Å². The van der Waals surface area contributed by atoms with Gasteiger partial charge in [-0.3, -0.25) is 0 Å². The first-order chi connectivity index (χ1) is 9.84. The quantitative estimate of drug-likeness (QED) is 0.658. The minimum Gasteiger partial charge on any atom is -0.323 e. The van der Waals surface area contributed by atoms with Gasteiger partial charge in [0.2, 0.25) is 0 Å². The highest BCUT2D eigenvalue weighted by Gasteiger charge is 2.26. The molecule has 4 rings (SSSR count). The molecule has 0 amide bonds. The smallest absolute Gasteiger partial charge is 0.106 e. The van der Waals surface area contributed by atoms with Crippen molar-refractivity contribution < 1.29 is 0 Å². The molecular weight excluding hydrogens is 284 g/mol. The summed E-state index contributed by atoms with van der Waals surface area (Å²) in [5.74, 6) is 2.11. The average Bonchev–Trinajstić information content (AvgIpc) is 3.06. The molecule has 0 saturated carbocycles. The average molecular weight is 298 g/mol. The number of benzene rings is 1. The molecule has 2 nitrogen and oxygen atoms in total. The van der Waals surface area contributed by atoms with E-state index in [4.69, 9.17) is 0 Å². The van der Waals surface area contributed by atoms with E-state index in [1.165, 1.54) is 20.9 Å². The van der Waals surface area contributed by atoms with Crippen LogP contribution in [0.15, 0.2) is 52.3 Å². The second-order valence-corrected chi connectivity index (χ2v) is 7.10. The van der Waals surface area contributed by atoms with E-state index in [0.29, 0.717) is 0 Å². The number of hydrogen-bond donors (Lipinski definition) is 0. The van der Waals surface area contributed by atoms with Gasteiger partial charge in [-0.2, -0.15) is 0 Å². The molecule has 3 heterocycles. The van der Waals surface area contributed by atoms with Crippen LogP contribution >= 0.6 is 23.1 Å². The number of aryl methyl sites for hydroxylation is 1. The van der Waals surface area contributed by atoms with Gasteiger partial charge in [0, 0.05) is 23.7 Å². The summed E-state index contributed by atoms with van der Waals surface area (Å²) in [6.45, 7) is 2.08. The first-order valence-corrected chi connectivity index (χ1v) is 8.48. The maximum atomic E-state index is 4.41. The first-order valence-electron chi connectivity index (χ1n) is 6.62. The van der Waals surface area contributed by atoms with Crippen molar-refractivity contribution >= 4 is 23.1 Å². The van der Waals surface area contributed by atoms with E-state index in [9.17, 15) is 0 Å². The van der Waals surface area contributed by atoms with Crippen molar-refractivity contribution in [2.75, 3.05) is 0 Å². The van der Waals surface area contributed by atoms with Gasteiger partial charge in [-0.25, -0.2) is 4.98 Å². The fourth-order valence-electron chi connectivity index (χ4n) is 2.83. The molecule has 100 valence electrons. The second-order valence-electron chi connectivity index (χ2n) is 4.94. The third kappa shape index (κ3) is 1.83. The van der Waals surface area contributed by atoms with E-state index in [2.05, 4.69) is 58.4 Å². The van der Waals surface area contributed by atoms with Crippen LogP contribution in [0.1, 0.15) is 28.6 Å². The molecule has 0 saturated heterocycles. The maximum Gasteiger partial charge on any atom is 0.106 e. The molecule has 0 aliphatic carbocycles. The molecule has 0 N–H and O–H groups in total. The monoisotopic (exact) mass is 298 g/mol. The van der Waals surface area contributed by atoms with Crippen LogP contribution in [0.4, 0.5) is 0 Å². The highest BCUT2D eigenvalue weighted by molar-refractivity contribution is 8.00. The van der Waals surface area contributed by atoms with Crippen molar-refractivity contribution in [1.82, 2.24) is 9.55 Å². The third-order valence-corrected chi connectivity index (χ3v) is 6.12. The number of thioether (sulfide) groups is 1. The van der Waals surface area contributed by atoms with E-state index in [0.717, 1.165) is 11.6 Å². The van der Waals surface area contributed by atoms with Crippen LogP contribution in [0, 0.1) is 6.92 Å². The van der Waals surface area contributed by atoms with Gasteiger partial charge < -0.3 is 4.57 Å². The van der Waals surface area contributed by atoms with Crippen molar-refractivity contribution in [2.24, 2.45) is 0 Å². The summed E-state index contributed by atoms with van der Waals surface area (Å²) in [7, 11) is 0. The Bertz CT molecular complexity index is 757. The van der Waals surface area contributed by atoms with Crippen molar-refractivity contribution in [3.63, 3.8) is 0 Å². The SMILES string of the molecule is Cc1nccn1[C@@H]1c2ccccc2CSc2sccc21. The molecule has 1 aliphatic heterocycles. The van der Waals surface area contributed by atoms with Crippen LogP contribution in [-0.4, -0.2) is 9.55 Å². The number of thiophene rings is 1. The number of rotatable bonds is 1.